The van der Waals surface area contributed by atoms with Crippen molar-refractivity contribution in [3.05, 3.63) is 68.8 Å². The average Bonchev–Trinajstić information content (AvgIpc) is 2.96. The van der Waals surface area contributed by atoms with E-state index in [4.69, 9.17) is 53.7 Å². The molecule has 0 bridgehead atoms. The topological polar surface area (TPSA) is 124 Å². The van der Waals surface area contributed by atoms with Crippen LogP contribution in [0.5, 0.6) is 11.5 Å². The van der Waals surface area contributed by atoms with Crippen molar-refractivity contribution in [3.63, 3.8) is 0 Å². The van der Waals surface area contributed by atoms with Gasteiger partial charge in [0.2, 0.25) is 0 Å². The van der Waals surface area contributed by atoms with Crippen LogP contribution in [-0.2, 0) is 97.5 Å². The smallest absolute Gasteiger partial charge is 0.777 e. The molecule has 2 radical (unpaired) electrons. The molecular weight excluding hydrogens is 952 g/mol. The maximum atomic E-state index is 13.5. The molecular formula is C38H58Br2Fe2O10S2-2. The second kappa shape index (κ2) is 28.4. The number of benzene rings is 2. The van der Waals surface area contributed by atoms with Gasteiger partial charge in [0.25, 0.3) is 0 Å². The maximum absolute atomic E-state index is 13.5. The zero-order chi connectivity index (χ0) is 35.1. The van der Waals surface area contributed by atoms with Crippen LogP contribution >= 0.6 is 31.9 Å². The van der Waals surface area contributed by atoms with Crippen LogP contribution in [-0.4, -0.2) is 73.2 Å². The predicted octanol–water partition coefficient (Wildman–Crippen LogP) is 8.68. The summed E-state index contributed by atoms with van der Waals surface area (Å²) in [5.74, 6) is -2.34. The molecule has 2 aromatic carbocycles. The molecule has 0 saturated heterocycles. The Balaban J connectivity index is -0.000000552. The van der Waals surface area contributed by atoms with Gasteiger partial charge in [0.1, 0.15) is 33.4 Å². The Morgan fingerprint density at radius 1 is 0.556 bits per heavy atom. The number of fused-ring (bicyclic) bond motifs is 1. The Morgan fingerprint density at radius 2 is 0.833 bits per heavy atom. The van der Waals surface area contributed by atoms with E-state index in [0.717, 1.165) is 0 Å². The number of hydrogen-bond acceptors (Lipinski definition) is 12. The Kier molecular flexibility index (Phi) is 35.5. The molecule has 0 spiro atoms. The zero-order valence-electron chi connectivity index (χ0n) is 33.9. The number of halogens is 2. The number of hydrogen-bond donors (Lipinski definition) is 0. The molecule has 0 heterocycles. The van der Waals surface area contributed by atoms with Crippen molar-refractivity contribution in [1.29, 1.82) is 0 Å². The first kappa shape index (κ1) is 67.7. The molecule has 0 aromatic heterocycles. The van der Waals surface area contributed by atoms with E-state index in [1.165, 1.54) is 14.2 Å². The summed E-state index contributed by atoms with van der Waals surface area (Å²) in [6, 6.07) is 6.78. The predicted molar refractivity (Wildman–Crippen MR) is 222 cm³/mol. The summed E-state index contributed by atoms with van der Waals surface area (Å²) in [5, 5.41) is 0.803. The van der Waals surface area contributed by atoms with Crippen molar-refractivity contribution in [2.75, 3.05) is 40.6 Å². The number of methoxy groups -OCH3 is 2. The van der Waals surface area contributed by atoms with E-state index in [1.54, 1.807) is 65.8 Å². The van der Waals surface area contributed by atoms with Gasteiger partial charge in [-0.1, -0.05) is 56.1 Å². The summed E-state index contributed by atoms with van der Waals surface area (Å²) in [5.41, 5.74) is -2.35. The first-order valence-electron chi connectivity index (χ1n) is 14.3. The minimum atomic E-state index is -1.19. The first-order chi connectivity index (χ1) is 21.2. The third-order valence-electron chi connectivity index (χ3n) is 6.97. The third-order valence-corrected chi connectivity index (χ3v) is 9.09. The van der Waals surface area contributed by atoms with Gasteiger partial charge in [-0.15, -0.1) is 9.79 Å². The van der Waals surface area contributed by atoms with E-state index >= 15 is 0 Å². The molecule has 16 heteroatoms. The molecule has 10 nitrogen and oxygen atoms in total. The standard InChI is InChI=1S/C32H42Br2O10S2.6CH3.2Fe/c1-29(2,17-31(5,33)27(37)41-15-13-39-7)25(35)43-21-19-11-9-10-12-20(19)22(24(46)23(21)45)44-26(36)30(3,4)18-32(6,34)28(38)42-16-14-40-8;;;;;;;;/h9-12,45-46H,13-18H2,1-8H3;6*1H3;;/q;6*-1;2*+3/p-2. The van der Waals surface area contributed by atoms with Crippen molar-refractivity contribution in [1.82, 2.24) is 0 Å². The van der Waals surface area contributed by atoms with Gasteiger partial charge >= 0.3 is 58.0 Å². The van der Waals surface area contributed by atoms with Crippen molar-refractivity contribution in [2.45, 2.75) is 72.8 Å². The minimum absolute atomic E-state index is 0. The molecule has 0 aliphatic carbocycles. The number of alkyl halides is 2. The van der Waals surface area contributed by atoms with Crippen LogP contribution < -0.4 is 9.47 Å². The van der Waals surface area contributed by atoms with Crippen LogP contribution in [0, 0.1) is 55.4 Å². The van der Waals surface area contributed by atoms with Gasteiger partial charge in [-0.2, -0.15) is 0 Å². The second-order valence-electron chi connectivity index (χ2n) is 12.4. The van der Waals surface area contributed by atoms with Crippen LogP contribution in [0.3, 0.4) is 0 Å². The van der Waals surface area contributed by atoms with Gasteiger partial charge in [0.15, 0.2) is 0 Å². The fourth-order valence-electron chi connectivity index (χ4n) is 4.68. The zero-order valence-corrected chi connectivity index (χ0v) is 40.9. The number of rotatable bonds is 16. The molecule has 0 N–H and O–H groups in total. The van der Waals surface area contributed by atoms with E-state index in [-0.39, 0.29) is 139 Å². The normalized spacial score (nSPS) is 12.4. The SMILES string of the molecule is COCCOC(=O)C(C)(Br)CC(C)(C)C(=O)Oc1c([S-])c([S-])c(OC(=O)C(C)(C)CC(C)(Br)C(=O)OCCOC)c2ccccc12.[CH3-].[CH3-].[CH3-].[CH3-].[CH3-].[CH3-].[Fe+3].[Fe+3]. The molecule has 0 fully saturated rings. The van der Waals surface area contributed by atoms with Crippen molar-refractivity contribution < 1.29 is 81.7 Å². The molecule has 0 aliphatic rings. The van der Waals surface area contributed by atoms with Crippen molar-refractivity contribution >= 4 is 91.8 Å². The number of esters is 4. The van der Waals surface area contributed by atoms with Gasteiger partial charge < -0.3 is 98.2 Å². The molecule has 2 atom stereocenters. The third kappa shape index (κ3) is 18.0. The van der Waals surface area contributed by atoms with Gasteiger partial charge in [-0.25, -0.2) is 0 Å². The molecule has 2 unspecified atom stereocenters. The van der Waals surface area contributed by atoms with Crippen LogP contribution in [0.4, 0.5) is 0 Å². The van der Waals surface area contributed by atoms with E-state index in [1.807, 2.05) is 0 Å². The van der Waals surface area contributed by atoms with Gasteiger partial charge in [0, 0.05) is 25.0 Å². The Labute approximate surface area is 375 Å². The van der Waals surface area contributed by atoms with Crippen molar-refractivity contribution in [2.24, 2.45) is 10.8 Å². The minimum Gasteiger partial charge on any atom is -0.777 e. The summed E-state index contributed by atoms with van der Waals surface area (Å²) in [4.78, 5) is 52.4. The van der Waals surface area contributed by atoms with E-state index < -0.39 is 43.4 Å². The van der Waals surface area contributed by atoms with Crippen LogP contribution in [0.1, 0.15) is 54.4 Å². The molecule has 0 aliphatic heterocycles. The monoisotopic (exact) mass is 1010 g/mol. The van der Waals surface area contributed by atoms with Gasteiger partial charge in [-0.3, -0.25) is 19.2 Å². The number of carbonyl (C=O) groups is 4. The number of ether oxygens (including phenoxy) is 6. The van der Waals surface area contributed by atoms with Crippen LogP contribution in [0.25, 0.3) is 10.8 Å². The summed E-state index contributed by atoms with van der Waals surface area (Å²) in [7, 11) is 2.99. The summed E-state index contributed by atoms with van der Waals surface area (Å²) < 4.78 is 29.7. The van der Waals surface area contributed by atoms with E-state index in [9.17, 15) is 19.2 Å². The largest absolute Gasteiger partial charge is 3.00 e. The van der Waals surface area contributed by atoms with Crippen LogP contribution in [0.2, 0.25) is 0 Å². The molecule has 2 aromatic rings. The molecule has 54 heavy (non-hydrogen) atoms. The maximum Gasteiger partial charge on any atom is 3.00 e. The fourth-order valence-corrected chi connectivity index (χ4v) is 6.80. The molecule has 314 valence electrons. The Hall–Kier alpha value is -1.06. The van der Waals surface area contributed by atoms with Crippen molar-refractivity contribution in [3.8, 4) is 11.5 Å². The van der Waals surface area contributed by atoms with E-state index in [2.05, 4.69) is 31.9 Å². The Morgan fingerprint density at radius 3 is 1.09 bits per heavy atom. The Bertz CT molecular complexity index is 1350. The van der Waals surface area contributed by atoms with Crippen LogP contribution in [0.15, 0.2) is 34.1 Å². The second-order valence-corrected chi connectivity index (χ2v) is 16.7. The van der Waals surface area contributed by atoms with Gasteiger partial charge in [-0.05, 0) is 54.4 Å². The van der Waals surface area contributed by atoms with E-state index in [0.29, 0.717) is 10.8 Å². The summed E-state index contributed by atoms with van der Waals surface area (Å²) in [6.45, 7) is 10.4. The number of carbonyl (C=O) groups excluding carboxylic acids is 4. The molecule has 0 saturated carbocycles. The quantitative estimate of drug-likeness (QED) is 0.0304. The average molecular weight is 1010 g/mol. The fraction of sp³-hybridized carbons (Fsp3) is 0.474. The molecule has 0 amide bonds. The first-order valence-corrected chi connectivity index (χ1v) is 16.7. The molecule has 2 rings (SSSR count). The summed E-state index contributed by atoms with van der Waals surface area (Å²) in [6.07, 6.45) is 0.0700. The summed E-state index contributed by atoms with van der Waals surface area (Å²) >= 11 is 18.1. The van der Waals surface area contributed by atoms with Gasteiger partial charge in [0.05, 0.1) is 24.0 Å².